The third-order valence-corrected chi connectivity index (χ3v) is 18.2. The maximum Gasteiger partial charge on any atom is 0.472 e. The Morgan fingerprint density at radius 3 is 0.809 bits per heavy atom. The molecule has 550 valence electrons. The summed E-state index contributed by atoms with van der Waals surface area (Å²) in [7, 11) is -9.93. The first-order valence-electron chi connectivity index (χ1n) is 37.9. The number of aliphatic hydroxyl groups excluding tert-OH is 1. The molecule has 0 heterocycles. The Morgan fingerprint density at radius 1 is 0.298 bits per heavy atom. The number of ether oxygens (including phenoxy) is 4. The van der Waals surface area contributed by atoms with Gasteiger partial charge in [-0.1, -0.05) is 282 Å². The number of phosphoric acid groups is 2. The summed E-state index contributed by atoms with van der Waals surface area (Å²) in [5.41, 5.74) is 0. The van der Waals surface area contributed by atoms with Gasteiger partial charge >= 0.3 is 39.5 Å². The van der Waals surface area contributed by atoms with Gasteiger partial charge in [0.2, 0.25) is 0 Å². The van der Waals surface area contributed by atoms with E-state index in [1.54, 1.807) is 0 Å². The van der Waals surface area contributed by atoms with Gasteiger partial charge in [0.05, 0.1) is 26.4 Å². The van der Waals surface area contributed by atoms with Crippen LogP contribution in [0.2, 0.25) is 0 Å². The molecule has 0 saturated carbocycles. The van der Waals surface area contributed by atoms with E-state index in [9.17, 15) is 43.2 Å². The minimum absolute atomic E-state index is 0.0805. The number of esters is 4. The predicted octanol–water partition coefficient (Wildman–Crippen LogP) is 21.3. The van der Waals surface area contributed by atoms with Crippen molar-refractivity contribution >= 4 is 39.5 Å². The van der Waals surface area contributed by atoms with E-state index in [-0.39, 0.29) is 25.7 Å². The summed E-state index contributed by atoms with van der Waals surface area (Å²) in [4.78, 5) is 72.7. The summed E-state index contributed by atoms with van der Waals surface area (Å²) in [5, 5.41) is 10.6. The van der Waals surface area contributed by atoms with Crippen molar-refractivity contribution in [2.75, 3.05) is 39.6 Å². The van der Waals surface area contributed by atoms with Gasteiger partial charge in [0.25, 0.3) is 0 Å². The van der Waals surface area contributed by atoms with E-state index < -0.39 is 97.5 Å². The lowest BCUT2D eigenvalue weighted by molar-refractivity contribution is -0.161. The fourth-order valence-corrected chi connectivity index (χ4v) is 12.0. The average Bonchev–Trinajstić information content (AvgIpc) is 1.36. The third-order valence-electron chi connectivity index (χ3n) is 16.3. The highest BCUT2D eigenvalue weighted by Gasteiger charge is 2.30. The first-order chi connectivity index (χ1) is 45.7. The number of rotatable bonds is 72. The quantitative estimate of drug-likeness (QED) is 0.0169. The van der Waals surface area contributed by atoms with Crippen LogP contribution in [0.15, 0.2) is 48.6 Å². The number of hydrogen-bond donors (Lipinski definition) is 3. The maximum absolute atomic E-state index is 13.1. The van der Waals surface area contributed by atoms with Gasteiger partial charge in [0.15, 0.2) is 12.2 Å². The molecule has 0 aliphatic heterocycles. The highest BCUT2D eigenvalue weighted by atomic mass is 31.2. The molecule has 17 nitrogen and oxygen atoms in total. The van der Waals surface area contributed by atoms with Crippen LogP contribution in [0.1, 0.15) is 349 Å². The van der Waals surface area contributed by atoms with Crippen LogP contribution in [0.5, 0.6) is 0 Å². The lowest BCUT2D eigenvalue weighted by atomic mass is 10.0. The Kier molecular flexibility index (Phi) is 66.4. The fraction of sp³-hybridized carbons (Fsp3) is 0.840. The molecule has 0 radical (unpaired) electrons. The number of allylic oxidation sites excluding steroid dienone is 8. The van der Waals surface area contributed by atoms with E-state index in [1.807, 2.05) is 0 Å². The second-order valence-corrected chi connectivity index (χ2v) is 28.5. The van der Waals surface area contributed by atoms with E-state index in [2.05, 4.69) is 76.3 Å². The van der Waals surface area contributed by atoms with E-state index >= 15 is 0 Å². The molecular weight excluding hydrogens is 1230 g/mol. The van der Waals surface area contributed by atoms with Gasteiger partial charge < -0.3 is 33.8 Å². The van der Waals surface area contributed by atoms with Crippen LogP contribution in [-0.2, 0) is 65.4 Å². The molecule has 0 saturated heterocycles. The molecule has 5 unspecified atom stereocenters. The molecule has 0 fully saturated rings. The molecule has 0 aliphatic carbocycles. The Balaban J connectivity index is 5.31. The molecule has 0 aromatic carbocycles. The number of carbonyl (C=O) groups excluding carboxylic acids is 4. The van der Waals surface area contributed by atoms with Crippen LogP contribution < -0.4 is 0 Å². The Hall–Kier alpha value is -2.98. The van der Waals surface area contributed by atoms with Crippen LogP contribution in [0.3, 0.4) is 0 Å². The average molecular weight is 1370 g/mol. The van der Waals surface area contributed by atoms with Crippen molar-refractivity contribution in [2.45, 2.75) is 367 Å². The second-order valence-electron chi connectivity index (χ2n) is 25.6. The zero-order chi connectivity index (χ0) is 69.0. The molecule has 0 spiro atoms. The largest absolute Gasteiger partial charge is 0.472 e. The lowest BCUT2D eigenvalue weighted by Crippen LogP contribution is -2.30. The van der Waals surface area contributed by atoms with Crippen molar-refractivity contribution in [3.8, 4) is 0 Å². The van der Waals surface area contributed by atoms with Crippen LogP contribution in [0.4, 0.5) is 0 Å². The van der Waals surface area contributed by atoms with Gasteiger partial charge in [-0.2, -0.15) is 0 Å². The van der Waals surface area contributed by atoms with Gasteiger partial charge in [0.1, 0.15) is 19.3 Å². The number of hydrogen-bond acceptors (Lipinski definition) is 15. The molecule has 0 rings (SSSR count). The molecule has 0 aliphatic rings. The summed E-state index contributed by atoms with van der Waals surface area (Å²) in [6, 6.07) is 0. The predicted molar refractivity (Wildman–Crippen MR) is 381 cm³/mol. The molecule has 0 aromatic heterocycles. The van der Waals surface area contributed by atoms with E-state index in [1.165, 1.54) is 135 Å². The molecule has 0 bridgehead atoms. The summed E-state index contributed by atoms with van der Waals surface area (Å²) >= 11 is 0. The molecule has 94 heavy (non-hydrogen) atoms. The highest BCUT2D eigenvalue weighted by Crippen LogP contribution is 2.45. The summed E-state index contributed by atoms with van der Waals surface area (Å²) in [6.45, 7) is 4.84. The summed E-state index contributed by atoms with van der Waals surface area (Å²) < 4.78 is 68.4. The normalized spacial score (nSPS) is 14.2. The molecule has 0 amide bonds. The minimum atomic E-state index is -4.97. The summed E-state index contributed by atoms with van der Waals surface area (Å²) in [5.74, 6) is -2.17. The number of phosphoric ester groups is 2. The van der Waals surface area contributed by atoms with Crippen LogP contribution in [-0.4, -0.2) is 96.7 Å². The molecule has 0 aromatic rings. The lowest BCUT2D eigenvalue weighted by Gasteiger charge is -2.21. The maximum atomic E-state index is 13.1. The minimum Gasteiger partial charge on any atom is -0.462 e. The zero-order valence-electron chi connectivity index (χ0n) is 59.9. The van der Waals surface area contributed by atoms with Gasteiger partial charge in [-0.3, -0.25) is 37.3 Å². The van der Waals surface area contributed by atoms with Gasteiger partial charge in [-0.15, -0.1) is 0 Å². The number of unbranched alkanes of at least 4 members (excludes halogenated alkanes) is 38. The third kappa shape index (κ3) is 67.6. The van der Waals surface area contributed by atoms with Crippen molar-refractivity contribution < 1.29 is 80.2 Å². The topological polar surface area (TPSA) is 237 Å². The smallest absolute Gasteiger partial charge is 0.462 e. The van der Waals surface area contributed by atoms with Gasteiger partial charge in [-0.05, 0) is 89.9 Å². The fourth-order valence-electron chi connectivity index (χ4n) is 10.5. The van der Waals surface area contributed by atoms with E-state index in [4.69, 9.17) is 37.0 Å². The van der Waals surface area contributed by atoms with Crippen LogP contribution in [0, 0.1) is 0 Å². The van der Waals surface area contributed by atoms with Crippen molar-refractivity contribution in [3.63, 3.8) is 0 Å². The monoisotopic (exact) mass is 1370 g/mol. The molecular formula is C75H138O17P2. The van der Waals surface area contributed by atoms with Crippen molar-refractivity contribution in [1.29, 1.82) is 0 Å². The van der Waals surface area contributed by atoms with Crippen LogP contribution in [0.25, 0.3) is 0 Å². The van der Waals surface area contributed by atoms with E-state index in [0.29, 0.717) is 25.7 Å². The zero-order valence-corrected chi connectivity index (χ0v) is 61.7. The van der Waals surface area contributed by atoms with E-state index in [0.717, 1.165) is 135 Å². The Morgan fingerprint density at radius 2 is 0.521 bits per heavy atom. The Bertz CT molecular complexity index is 1980. The molecule has 3 N–H and O–H groups in total. The highest BCUT2D eigenvalue weighted by molar-refractivity contribution is 7.47. The standard InChI is InChI=1S/C75H138O17P2/c1-5-9-13-17-21-25-29-32-34-37-41-44-48-52-56-60-73(78)86-66-71(92-75(80)62-58-54-50-46-42-38-35-33-30-26-22-18-14-10-6-2)68-90-94(83,84)88-64-69(76)63-87-93(81,82)89-67-70(91-74(79)61-57-53-49-45-39-28-24-20-16-12-8-4)65-85-72(77)59-55-51-47-43-40-36-31-27-23-19-15-11-7-3/h21-22,25-26,32-35,69-71,76H,5-20,23-24,27-31,36-68H2,1-4H3,(H,81,82)(H,83,84)/b25-21-,26-22-,34-32-,35-33-. The second kappa shape index (κ2) is 68.5. The number of aliphatic hydroxyl groups is 1. The van der Waals surface area contributed by atoms with Gasteiger partial charge in [0, 0.05) is 25.7 Å². The SMILES string of the molecule is CCCCC/C=C\C/C=C\CCCCCCCC(=O)OCC(COP(=O)(O)OCC(O)COP(=O)(O)OCC(COC(=O)CCCCCCCCCCCCCCC)OC(=O)CCCCCCCCCCCCC)OC(=O)CCCCCCC/C=C\C/C=C\CCCCC. The first kappa shape index (κ1) is 91.0. The Labute approximate surface area is 572 Å². The van der Waals surface area contributed by atoms with Crippen molar-refractivity contribution in [3.05, 3.63) is 48.6 Å². The van der Waals surface area contributed by atoms with Crippen LogP contribution >= 0.6 is 15.6 Å². The van der Waals surface area contributed by atoms with Crippen molar-refractivity contribution in [2.24, 2.45) is 0 Å². The van der Waals surface area contributed by atoms with Crippen molar-refractivity contribution in [1.82, 2.24) is 0 Å². The first-order valence-corrected chi connectivity index (χ1v) is 40.9. The van der Waals surface area contributed by atoms with Gasteiger partial charge in [-0.25, -0.2) is 9.13 Å². The molecule has 5 atom stereocenters. The number of carbonyl (C=O) groups is 4. The summed E-state index contributed by atoms with van der Waals surface area (Å²) in [6.07, 6.45) is 63.8. The molecule has 19 heteroatoms.